The molecule has 1 saturated heterocycles. The fourth-order valence-corrected chi connectivity index (χ4v) is 3.94. The smallest absolute Gasteiger partial charge is 0.272 e. The third-order valence-electron chi connectivity index (χ3n) is 5.46. The first-order valence-corrected chi connectivity index (χ1v) is 10.5. The molecule has 4 nitrogen and oxygen atoms in total. The van der Waals surface area contributed by atoms with Gasteiger partial charge in [-0.2, -0.15) is 0 Å². The number of rotatable bonds is 5. The Balaban J connectivity index is 1.45. The number of benzene rings is 3. The monoisotopic (exact) mass is 418 g/mol. The molecule has 1 heterocycles. The summed E-state index contributed by atoms with van der Waals surface area (Å²) in [6.45, 7) is 1.69. The van der Waals surface area contributed by atoms with Crippen molar-refractivity contribution in [3.05, 3.63) is 90.0 Å². The average Bonchev–Trinajstić information content (AvgIpc) is 2.84. The van der Waals surface area contributed by atoms with E-state index in [4.69, 9.17) is 11.8 Å². The minimum Gasteiger partial charge on any atom is -0.316 e. The molecule has 0 radical (unpaired) electrons. The summed E-state index contributed by atoms with van der Waals surface area (Å²) in [6, 6.07) is 24.3. The normalized spacial score (nSPS) is 16.1. The summed E-state index contributed by atoms with van der Waals surface area (Å²) in [6.07, 6.45) is 1.92. The molecule has 1 fully saturated rings. The van der Waals surface area contributed by atoms with E-state index in [-0.39, 0.29) is 17.6 Å². The van der Waals surface area contributed by atoms with Gasteiger partial charge in [-0.05, 0) is 66.9 Å². The summed E-state index contributed by atoms with van der Waals surface area (Å²) in [5.41, 5.74) is 3.81. The summed E-state index contributed by atoms with van der Waals surface area (Å²) in [5, 5.41) is 3.27. The number of carbonyl (C=O) groups is 2. The second kappa shape index (κ2) is 9.24. The minimum absolute atomic E-state index is 0.0152. The minimum atomic E-state index is -0.313. The van der Waals surface area contributed by atoms with Crippen LogP contribution < -0.4 is 9.74 Å². The number of amides is 1. The van der Waals surface area contributed by atoms with Crippen molar-refractivity contribution >= 4 is 29.2 Å². The Labute approximate surface area is 181 Å². The van der Waals surface area contributed by atoms with Gasteiger partial charge in [-0.3, -0.25) is 9.59 Å². The Morgan fingerprint density at radius 3 is 2.10 bits per heavy atom. The molecule has 0 saturated carbocycles. The Morgan fingerprint density at radius 1 is 0.833 bits per heavy atom. The van der Waals surface area contributed by atoms with E-state index in [0.717, 1.165) is 41.5 Å². The van der Waals surface area contributed by atoms with E-state index in [1.165, 1.54) is 0 Å². The third-order valence-corrected chi connectivity index (χ3v) is 5.81. The predicted octanol–water partition coefficient (Wildman–Crippen LogP) is 5.34. The van der Waals surface area contributed by atoms with Crippen molar-refractivity contribution in [1.29, 1.82) is 0 Å². The van der Waals surface area contributed by atoms with Crippen LogP contribution in [0.2, 0.25) is 0 Å². The van der Waals surface area contributed by atoms with Gasteiger partial charge in [-0.25, -0.2) is 4.42 Å². The highest BCUT2D eigenvalue weighted by atomic mass is 35.5. The summed E-state index contributed by atoms with van der Waals surface area (Å²) < 4.78 is 1.09. The first kappa shape index (κ1) is 20.3. The molecule has 1 aliphatic rings. The van der Waals surface area contributed by atoms with Crippen LogP contribution in [0.4, 0.5) is 5.69 Å². The summed E-state index contributed by atoms with van der Waals surface area (Å²) in [4.78, 5) is 25.4. The van der Waals surface area contributed by atoms with Crippen LogP contribution in [0.5, 0.6) is 0 Å². The molecule has 3 aromatic rings. The van der Waals surface area contributed by atoms with Crippen molar-refractivity contribution in [2.24, 2.45) is 5.92 Å². The summed E-state index contributed by atoms with van der Waals surface area (Å²) in [5.74, 6) is -0.161. The molecular weight excluding hydrogens is 396 g/mol. The Morgan fingerprint density at radius 2 is 1.47 bits per heavy atom. The standard InChI is InChI=1S/C25H23ClN2O2/c26-28(23-14-12-20(13-15-23)24(29)22-7-4-16-27-17-22)25(30)21-10-8-19(9-11-21)18-5-2-1-3-6-18/h1-3,5-6,8-15,22,27H,4,7,16-17H2. The number of piperidine rings is 1. The van der Waals surface area contributed by atoms with E-state index < -0.39 is 0 Å². The molecule has 3 aromatic carbocycles. The highest BCUT2D eigenvalue weighted by Gasteiger charge is 2.23. The SMILES string of the molecule is O=C(c1ccc(N(Cl)C(=O)c2ccc(-c3ccccc3)cc2)cc1)C1CCCNC1. The zero-order valence-corrected chi connectivity index (χ0v) is 17.3. The van der Waals surface area contributed by atoms with Gasteiger partial charge in [0.05, 0.1) is 5.69 Å². The van der Waals surface area contributed by atoms with Gasteiger partial charge in [0.25, 0.3) is 5.91 Å². The fourth-order valence-electron chi connectivity index (χ4n) is 3.73. The molecule has 4 rings (SSSR count). The Kier molecular flexibility index (Phi) is 6.26. The highest BCUT2D eigenvalue weighted by molar-refractivity contribution is 6.39. The molecular formula is C25H23ClN2O2. The number of ketones is 1. The van der Waals surface area contributed by atoms with Crippen LogP contribution in [0.1, 0.15) is 33.6 Å². The van der Waals surface area contributed by atoms with Gasteiger partial charge < -0.3 is 5.32 Å². The molecule has 1 amide bonds. The second-order valence-corrected chi connectivity index (χ2v) is 7.82. The molecule has 152 valence electrons. The molecule has 0 bridgehead atoms. The predicted molar refractivity (Wildman–Crippen MR) is 121 cm³/mol. The van der Waals surface area contributed by atoms with E-state index in [0.29, 0.717) is 16.8 Å². The number of hydrogen-bond donors (Lipinski definition) is 1. The summed E-state index contributed by atoms with van der Waals surface area (Å²) >= 11 is 6.32. The zero-order chi connectivity index (χ0) is 20.9. The van der Waals surface area contributed by atoms with Crippen molar-refractivity contribution in [2.45, 2.75) is 12.8 Å². The average molecular weight is 419 g/mol. The maximum absolute atomic E-state index is 12.8. The van der Waals surface area contributed by atoms with Gasteiger partial charge in [0.15, 0.2) is 5.78 Å². The number of anilines is 1. The first-order chi connectivity index (χ1) is 14.6. The number of hydrogen-bond acceptors (Lipinski definition) is 3. The number of nitrogens with one attached hydrogen (secondary N) is 1. The highest BCUT2D eigenvalue weighted by Crippen LogP contribution is 2.24. The lowest BCUT2D eigenvalue weighted by Gasteiger charge is -2.21. The molecule has 1 aliphatic heterocycles. The first-order valence-electron chi connectivity index (χ1n) is 10.1. The van der Waals surface area contributed by atoms with E-state index in [9.17, 15) is 9.59 Å². The van der Waals surface area contributed by atoms with Crippen molar-refractivity contribution in [2.75, 3.05) is 17.5 Å². The molecule has 0 aliphatic carbocycles. The van der Waals surface area contributed by atoms with Gasteiger partial charge in [0.1, 0.15) is 0 Å². The van der Waals surface area contributed by atoms with Gasteiger partial charge in [-0.1, -0.05) is 42.5 Å². The fraction of sp³-hybridized carbons (Fsp3) is 0.200. The van der Waals surface area contributed by atoms with Gasteiger partial charge in [0, 0.05) is 35.4 Å². The van der Waals surface area contributed by atoms with E-state index in [1.54, 1.807) is 36.4 Å². The quantitative estimate of drug-likeness (QED) is 0.449. The van der Waals surface area contributed by atoms with Crippen LogP contribution in [-0.4, -0.2) is 24.8 Å². The maximum atomic E-state index is 12.8. The largest absolute Gasteiger partial charge is 0.316 e. The van der Waals surface area contributed by atoms with E-state index in [1.807, 2.05) is 42.5 Å². The van der Waals surface area contributed by atoms with Gasteiger partial charge >= 0.3 is 0 Å². The van der Waals surface area contributed by atoms with Crippen molar-refractivity contribution < 1.29 is 9.59 Å². The van der Waals surface area contributed by atoms with Crippen LogP contribution in [-0.2, 0) is 0 Å². The van der Waals surface area contributed by atoms with Crippen molar-refractivity contribution in [1.82, 2.24) is 5.32 Å². The molecule has 30 heavy (non-hydrogen) atoms. The zero-order valence-electron chi connectivity index (χ0n) is 16.6. The maximum Gasteiger partial charge on any atom is 0.272 e. The van der Waals surface area contributed by atoms with Crippen LogP contribution >= 0.6 is 11.8 Å². The van der Waals surface area contributed by atoms with Crippen molar-refractivity contribution in [3.63, 3.8) is 0 Å². The lowest BCUT2D eigenvalue weighted by atomic mass is 9.91. The van der Waals surface area contributed by atoms with Crippen LogP contribution in [0.3, 0.4) is 0 Å². The van der Waals surface area contributed by atoms with Crippen LogP contribution in [0.15, 0.2) is 78.9 Å². The lowest BCUT2D eigenvalue weighted by Crippen LogP contribution is -2.34. The van der Waals surface area contributed by atoms with Gasteiger partial charge in [-0.15, -0.1) is 0 Å². The number of carbonyl (C=O) groups excluding carboxylic acids is 2. The molecule has 0 aromatic heterocycles. The van der Waals surface area contributed by atoms with Crippen LogP contribution in [0.25, 0.3) is 11.1 Å². The second-order valence-electron chi connectivity index (χ2n) is 7.48. The van der Waals surface area contributed by atoms with Crippen molar-refractivity contribution in [3.8, 4) is 11.1 Å². The van der Waals surface area contributed by atoms with Gasteiger partial charge in [0.2, 0.25) is 0 Å². The topological polar surface area (TPSA) is 49.4 Å². The Hall–Kier alpha value is -2.95. The number of halogens is 1. The molecule has 0 spiro atoms. The van der Waals surface area contributed by atoms with Crippen LogP contribution in [0, 0.1) is 5.92 Å². The molecule has 5 heteroatoms. The third kappa shape index (κ3) is 4.45. The molecule has 1 N–H and O–H groups in total. The number of Topliss-reactive ketones (excluding diaryl/α,β-unsaturated/α-hetero) is 1. The Bertz CT molecular complexity index is 1010. The molecule has 1 unspecified atom stereocenters. The van der Waals surface area contributed by atoms with E-state index in [2.05, 4.69) is 5.32 Å². The summed E-state index contributed by atoms with van der Waals surface area (Å²) in [7, 11) is 0. The number of nitrogens with zero attached hydrogens (tertiary/aromatic N) is 1. The van der Waals surface area contributed by atoms with E-state index >= 15 is 0 Å². The molecule has 1 atom stereocenters. The lowest BCUT2D eigenvalue weighted by molar-refractivity contribution is 0.0899.